The molecule has 0 bridgehead atoms. The Morgan fingerprint density at radius 2 is 1.58 bits per heavy atom. The first kappa shape index (κ1) is 11.4. The fourth-order valence-corrected chi connectivity index (χ4v) is 1.04. The van der Waals surface area contributed by atoms with Crippen molar-refractivity contribution in [1.82, 2.24) is 0 Å². The molecule has 0 aromatic carbocycles. The average Bonchev–Trinajstić information content (AvgIpc) is 2.04. The molecule has 0 N–H and O–H groups in total. The first-order valence-electron chi connectivity index (χ1n) is 3.67. The molecule has 72 valence electrons. The highest BCUT2D eigenvalue weighted by Gasteiger charge is 2.34. The molecule has 12 heavy (non-hydrogen) atoms. The summed E-state index contributed by atoms with van der Waals surface area (Å²) in [6.45, 7) is 2.34. The van der Waals surface area contributed by atoms with Crippen LogP contribution in [0.3, 0.4) is 0 Å². The summed E-state index contributed by atoms with van der Waals surface area (Å²) >= 11 is 0. The van der Waals surface area contributed by atoms with Gasteiger partial charge in [0.1, 0.15) is 5.41 Å². The molecule has 4 nitrogen and oxygen atoms in total. The summed E-state index contributed by atoms with van der Waals surface area (Å²) in [6, 6.07) is 0. The van der Waals surface area contributed by atoms with Crippen LogP contribution in [-0.4, -0.2) is 40.5 Å². The second-order valence-corrected chi connectivity index (χ2v) is 2.92. The maximum atomic E-state index is 11.2. The van der Waals surface area contributed by atoms with Crippen LogP contribution in [0, 0.1) is 5.41 Å². The van der Waals surface area contributed by atoms with Crippen molar-refractivity contribution in [1.29, 1.82) is 0 Å². The lowest BCUT2D eigenvalue weighted by Gasteiger charge is -2.24. The highest BCUT2D eigenvalue weighted by atomic mass is 16.5. The fourth-order valence-electron chi connectivity index (χ4n) is 1.04. The minimum Gasteiger partial charge on any atom is -0.468 e. The Morgan fingerprint density at radius 1 is 1.17 bits per heavy atom. The number of ether oxygens (including phenoxy) is 3. The number of esters is 1. The fraction of sp³-hybridized carbons (Fsp3) is 0.875. The molecule has 0 saturated heterocycles. The topological polar surface area (TPSA) is 44.8 Å². The smallest absolute Gasteiger partial charge is 0.316 e. The second kappa shape index (κ2) is 5.11. The van der Waals surface area contributed by atoms with E-state index in [1.807, 2.05) is 0 Å². The molecule has 0 aromatic rings. The maximum absolute atomic E-state index is 11.2. The van der Waals surface area contributed by atoms with Crippen LogP contribution in [0.5, 0.6) is 0 Å². The summed E-state index contributed by atoms with van der Waals surface area (Å²) in [6.07, 6.45) is 0. The Morgan fingerprint density at radius 3 is 1.83 bits per heavy atom. The van der Waals surface area contributed by atoms with Crippen molar-refractivity contribution in [2.75, 3.05) is 34.5 Å². The van der Waals surface area contributed by atoms with Crippen LogP contribution in [0.25, 0.3) is 0 Å². The van der Waals surface area contributed by atoms with Crippen molar-refractivity contribution in [3.05, 3.63) is 0 Å². The van der Waals surface area contributed by atoms with Gasteiger partial charge in [0.2, 0.25) is 0 Å². The zero-order chi connectivity index (χ0) is 9.61. The molecule has 0 heterocycles. The molecule has 0 aliphatic carbocycles. The van der Waals surface area contributed by atoms with E-state index in [2.05, 4.69) is 4.74 Å². The van der Waals surface area contributed by atoms with Crippen LogP contribution >= 0.6 is 0 Å². The third-order valence-electron chi connectivity index (χ3n) is 1.60. The van der Waals surface area contributed by atoms with E-state index in [1.54, 1.807) is 6.92 Å². The predicted octanol–water partition coefficient (Wildman–Crippen LogP) is 0.458. The lowest BCUT2D eigenvalue weighted by molar-refractivity contribution is -0.158. The monoisotopic (exact) mass is 176 g/mol. The van der Waals surface area contributed by atoms with Gasteiger partial charge in [0.15, 0.2) is 0 Å². The first-order valence-corrected chi connectivity index (χ1v) is 3.67. The minimum atomic E-state index is -0.696. The highest BCUT2D eigenvalue weighted by Crippen LogP contribution is 2.18. The Labute approximate surface area is 72.8 Å². The third kappa shape index (κ3) is 2.79. The summed E-state index contributed by atoms with van der Waals surface area (Å²) in [5.74, 6) is -0.314. The van der Waals surface area contributed by atoms with Crippen LogP contribution in [0.1, 0.15) is 6.92 Å². The maximum Gasteiger partial charge on any atom is 0.316 e. The highest BCUT2D eigenvalue weighted by molar-refractivity contribution is 5.76. The zero-order valence-corrected chi connectivity index (χ0v) is 8.05. The van der Waals surface area contributed by atoms with Gasteiger partial charge >= 0.3 is 5.97 Å². The van der Waals surface area contributed by atoms with Gasteiger partial charge in [-0.05, 0) is 6.92 Å². The van der Waals surface area contributed by atoms with Crippen LogP contribution in [0.15, 0.2) is 0 Å². The molecule has 0 amide bonds. The minimum absolute atomic E-state index is 0.299. The lowest BCUT2D eigenvalue weighted by atomic mass is 9.93. The van der Waals surface area contributed by atoms with Crippen LogP contribution in [0.2, 0.25) is 0 Å². The standard InChI is InChI=1S/C8H16O4/c1-8(5-10-2,6-11-3)7(9)12-4/h5-6H2,1-4H3. The van der Waals surface area contributed by atoms with E-state index in [-0.39, 0.29) is 5.97 Å². The molecule has 0 radical (unpaired) electrons. The molecule has 0 aliphatic rings. The largest absolute Gasteiger partial charge is 0.468 e. The Kier molecular flexibility index (Phi) is 4.85. The molecule has 4 heteroatoms. The van der Waals surface area contributed by atoms with Gasteiger partial charge in [-0.25, -0.2) is 0 Å². The molecule has 0 saturated carbocycles. The Hall–Kier alpha value is -0.610. The van der Waals surface area contributed by atoms with E-state index in [0.717, 1.165) is 0 Å². The summed E-state index contributed by atoms with van der Waals surface area (Å²) in [7, 11) is 4.43. The van der Waals surface area contributed by atoms with Crippen molar-refractivity contribution in [3.8, 4) is 0 Å². The molecular weight excluding hydrogens is 160 g/mol. The van der Waals surface area contributed by atoms with E-state index in [4.69, 9.17) is 9.47 Å². The van der Waals surface area contributed by atoms with Crippen molar-refractivity contribution in [2.24, 2.45) is 5.41 Å². The van der Waals surface area contributed by atoms with Crippen molar-refractivity contribution in [2.45, 2.75) is 6.92 Å². The molecular formula is C8H16O4. The van der Waals surface area contributed by atoms with Gasteiger partial charge in [0.25, 0.3) is 0 Å². The predicted molar refractivity (Wildman–Crippen MR) is 43.9 cm³/mol. The second-order valence-electron chi connectivity index (χ2n) is 2.92. The van der Waals surface area contributed by atoms with E-state index in [1.165, 1.54) is 21.3 Å². The summed E-state index contributed by atoms with van der Waals surface area (Å²) in [5.41, 5.74) is -0.696. The average molecular weight is 176 g/mol. The molecule has 0 spiro atoms. The van der Waals surface area contributed by atoms with Gasteiger partial charge in [-0.3, -0.25) is 4.79 Å². The number of rotatable bonds is 5. The summed E-state index contributed by atoms with van der Waals surface area (Å²) < 4.78 is 14.4. The molecule has 0 unspecified atom stereocenters. The Balaban J connectivity index is 4.26. The molecule has 0 atom stereocenters. The molecule has 0 fully saturated rings. The van der Waals surface area contributed by atoms with E-state index < -0.39 is 5.41 Å². The van der Waals surface area contributed by atoms with Crippen LogP contribution in [0.4, 0.5) is 0 Å². The number of hydrogen-bond donors (Lipinski definition) is 0. The van der Waals surface area contributed by atoms with Gasteiger partial charge in [0.05, 0.1) is 20.3 Å². The number of hydrogen-bond acceptors (Lipinski definition) is 4. The summed E-state index contributed by atoms with van der Waals surface area (Å²) in [4.78, 5) is 11.2. The van der Waals surface area contributed by atoms with Crippen molar-refractivity contribution < 1.29 is 19.0 Å². The number of carbonyl (C=O) groups excluding carboxylic acids is 1. The van der Waals surface area contributed by atoms with E-state index >= 15 is 0 Å². The van der Waals surface area contributed by atoms with Crippen molar-refractivity contribution >= 4 is 5.97 Å². The lowest BCUT2D eigenvalue weighted by Crippen LogP contribution is -2.37. The van der Waals surface area contributed by atoms with Gasteiger partial charge in [-0.15, -0.1) is 0 Å². The zero-order valence-electron chi connectivity index (χ0n) is 8.05. The summed E-state index contributed by atoms with van der Waals surface area (Å²) in [5, 5.41) is 0. The molecule has 0 aliphatic heterocycles. The van der Waals surface area contributed by atoms with Gasteiger partial charge < -0.3 is 14.2 Å². The quantitative estimate of drug-likeness (QED) is 0.571. The van der Waals surface area contributed by atoms with E-state index in [0.29, 0.717) is 13.2 Å². The first-order chi connectivity index (χ1) is 5.60. The Bertz CT molecular complexity index is 138. The normalized spacial score (nSPS) is 11.3. The van der Waals surface area contributed by atoms with Crippen LogP contribution < -0.4 is 0 Å². The molecule has 0 rings (SSSR count). The van der Waals surface area contributed by atoms with Gasteiger partial charge in [-0.1, -0.05) is 0 Å². The number of methoxy groups -OCH3 is 3. The van der Waals surface area contributed by atoms with Crippen molar-refractivity contribution in [3.63, 3.8) is 0 Å². The third-order valence-corrected chi connectivity index (χ3v) is 1.60. The van der Waals surface area contributed by atoms with Crippen LogP contribution in [-0.2, 0) is 19.0 Å². The van der Waals surface area contributed by atoms with Gasteiger partial charge in [0, 0.05) is 14.2 Å². The van der Waals surface area contributed by atoms with Gasteiger partial charge in [-0.2, -0.15) is 0 Å². The molecule has 0 aromatic heterocycles. The SMILES string of the molecule is COCC(C)(COC)C(=O)OC. The van der Waals surface area contributed by atoms with E-state index in [9.17, 15) is 4.79 Å². The number of carbonyl (C=O) groups is 1.